The first kappa shape index (κ1) is 27.0. The number of hydrogen-bond donors (Lipinski definition) is 1. The number of aromatic nitrogens is 4. The molecule has 1 amide bonds. The van der Waals surface area contributed by atoms with Crippen molar-refractivity contribution in [3.05, 3.63) is 84.2 Å². The van der Waals surface area contributed by atoms with Gasteiger partial charge in [-0.25, -0.2) is 14.6 Å². The van der Waals surface area contributed by atoms with Crippen LogP contribution in [0.15, 0.2) is 67.5 Å². The minimum atomic E-state index is -4.44. The Morgan fingerprint density at radius 2 is 1.80 bits per heavy atom. The standard InChI is InChI=1S/C29H27F3N6O2/c1-2-24(40)37-15-3-4-22(16-37)38-28-25(27(33)34-17-35-28)26(36-38)20-8-5-18(6-9-20)7-14-23(39)19-10-12-21(13-11-19)29(30,31)32/h2,5-6,8-13,17,22H,1,3-4,7,14-16H2,(H2,33,34,35). The third-order valence-electron chi connectivity index (χ3n) is 7.15. The van der Waals surface area contributed by atoms with Crippen LogP contribution in [0, 0.1) is 0 Å². The highest BCUT2D eigenvalue weighted by atomic mass is 19.4. The maximum Gasteiger partial charge on any atom is 0.416 e. The van der Waals surface area contributed by atoms with Crippen LogP contribution in [0.1, 0.15) is 46.8 Å². The maximum absolute atomic E-state index is 12.8. The van der Waals surface area contributed by atoms with E-state index in [0.717, 1.165) is 36.1 Å². The molecule has 11 heteroatoms. The fourth-order valence-corrected chi connectivity index (χ4v) is 5.01. The predicted molar refractivity (Wildman–Crippen MR) is 144 cm³/mol. The number of Topliss-reactive ketones (excluding diaryl/α,β-unsaturated/α-hetero) is 1. The maximum atomic E-state index is 12.8. The molecule has 0 radical (unpaired) electrons. The van der Waals surface area contributed by atoms with Gasteiger partial charge in [-0.2, -0.15) is 18.3 Å². The van der Waals surface area contributed by atoms with Gasteiger partial charge in [0.05, 0.1) is 17.0 Å². The molecule has 0 bridgehead atoms. The number of carbonyl (C=O) groups is 2. The van der Waals surface area contributed by atoms with Gasteiger partial charge in [0.15, 0.2) is 11.4 Å². The molecule has 1 saturated heterocycles. The van der Waals surface area contributed by atoms with E-state index in [9.17, 15) is 22.8 Å². The van der Waals surface area contributed by atoms with E-state index >= 15 is 0 Å². The number of likely N-dealkylation sites (tertiary alicyclic amines) is 1. The van der Waals surface area contributed by atoms with Crippen LogP contribution >= 0.6 is 0 Å². The lowest BCUT2D eigenvalue weighted by Crippen LogP contribution is -2.40. The Balaban J connectivity index is 1.34. The number of amides is 1. The number of fused-ring (bicyclic) bond motifs is 1. The van der Waals surface area contributed by atoms with Crippen molar-refractivity contribution in [1.29, 1.82) is 0 Å². The molecule has 1 unspecified atom stereocenters. The van der Waals surface area contributed by atoms with E-state index in [2.05, 4.69) is 16.5 Å². The minimum Gasteiger partial charge on any atom is -0.383 e. The summed E-state index contributed by atoms with van der Waals surface area (Å²) in [4.78, 5) is 35.1. The zero-order valence-electron chi connectivity index (χ0n) is 21.6. The molecule has 4 aromatic rings. The molecule has 2 aromatic carbocycles. The third kappa shape index (κ3) is 5.45. The highest BCUT2D eigenvalue weighted by Gasteiger charge is 2.30. The zero-order chi connectivity index (χ0) is 28.4. The Morgan fingerprint density at radius 3 is 2.48 bits per heavy atom. The number of nitrogens with zero attached hydrogens (tertiary/aromatic N) is 5. The Bertz CT molecular complexity index is 1560. The van der Waals surface area contributed by atoms with Gasteiger partial charge >= 0.3 is 6.18 Å². The lowest BCUT2D eigenvalue weighted by Gasteiger charge is -2.32. The molecule has 0 aliphatic carbocycles. The van der Waals surface area contributed by atoms with Gasteiger partial charge in [-0.3, -0.25) is 9.59 Å². The number of aryl methyl sites for hydroxylation is 1. The molecule has 1 aliphatic rings. The Kier molecular flexibility index (Phi) is 7.38. The molecular formula is C29H27F3N6O2. The van der Waals surface area contributed by atoms with Crippen molar-refractivity contribution >= 4 is 28.5 Å². The van der Waals surface area contributed by atoms with Gasteiger partial charge in [0.25, 0.3) is 0 Å². The summed E-state index contributed by atoms with van der Waals surface area (Å²) in [6.07, 6.45) is 0.497. The van der Waals surface area contributed by atoms with Gasteiger partial charge in [-0.15, -0.1) is 0 Å². The van der Waals surface area contributed by atoms with Crippen molar-refractivity contribution in [3.8, 4) is 11.3 Å². The first-order valence-electron chi connectivity index (χ1n) is 12.9. The summed E-state index contributed by atoms with van der Waals surface area (Å²) in [5.41, 5.74) is 8.60. The number of alkyl halides is 3. The summed E-state index contributed by atoms with van der Waals surface area (Å²) in [6, 6.07) is 11.7. The average molecular weight is 549 g/mol. The van der Waals surface area contributed by atoms with Crippen molar-refractivity contribution in [2.45, 2.75) is 37.9 Å². The first-order valence-corrected chi connectivity index (χ1v) is 12.9. The normalized spacial score (nSPS) is 15.8. The topological polar surface area (TPSA) is 107 Å². The number of halogens is 3. The lowest BCUT2D eigenvalue weighted by molar-refractivity contribution is -0.137. The quantitative estimate of drug-likeness (QED) is 0.249. The van der Waals surface area contributed by atoms with Crippen LogP contribution < -0.4 is 5.73 Å². The van der Waals surface area contributed by atoms with Crippen LogP contribution in [-0.4, -0.2) is 49.4 Å². The molecule has 0 saturated carbocycles. The number of nitrogens with two attached hydrogens (primary N) is 1. The van der Waals surface area contributed by atoms with E-state index in [4.69, 9.17) is 10.8 Å². The van der Waals surface area contributed by atoms with Crippen molar-refractivity contribution in [3.63, 3.8) is 0 Å². The summed E-state index contributed by atoms with van der Waals surface area (Å²) in [5.74, 6) is -0.0564. The first-order chi connectivity index (χ1) is 19.2. The number of nitrogen functional groups attached to an aromatic ring is 1. The fourth-order valence-electron chi connectivity index (χ4n) is 5.01. The number of piperidine rings is 1. The molecular weight excluding hydrogens is 521 g/mol. The van der Waals surface area contributed by atoms with Crippen molar-refractivity contribution in [2.75, 3.05) is 18.8 Å². The summed E-state index contributed by atoms with van der Waals surface area (Å²) in [7, 11) is 0. The third-order valence-corrected chi connectivity index (χ3v) is 7.15. The number of hydrogen-bond acceptors (Lipinski definition) is 6. The van der Waals surface area contributed by atoms with Gasteiger partial charge < -0.3 is 10.6 Å². The predicted octanol–water partition coefficient (Wildman–Crippen LogP) is 5.26. The average Bonchev–Trinajstić information content (AvgIpc) is 3.36. The van der Waals surface area contributed by atoms with Gasteiger partial charge in [0.1, 0.15) is 17.8 Å². The molecule has 1 atom stereocenters. The molecule has 2 aromatic heterocycles. The molecule has 8 nitrogen and oxygen atoms in total. The zero-order valence-corrected chi connectivity index (χ0v) is 21.6. The van der Waals surface area contributed by atoms with Gasteiger partial charge in [-0.1, -0.05) is 43.0 Å². The fraction of sp³-hybridized carbons (Fsp3) is 0.276. The Hall–Kier alpha value is -4.54. The Morgan fingerprint density at radius 1 is 1.07 bits per heavy atom. The van der Waals surface area contributed by atoms with E-state index < -0.39 is 11.7 Å². The molecule has 0 spiro atoms. The Labute approximate surface area is 228 Å². The van der Waals surface area contributed by atoms with Gasteiger partial charge in [-0.05, 0) is 43.0 Å². The van der Waals surface area contributed by atoms with E-state index in [1.165, 1.54) is 24.5 Å². The summed E-state index contributed by atoms with van der Waals surface area (Å²) >= 11 is 0. The van der Waals surface area contributed by atoms with Crippen LogP contribution in [0.4, 0.5) is 19.0 Å². The van der Waals surface area contributed by atoms with E-state index in [-0.39, 0.29) is 29.7 Å². The van der Waals surface area contributed by atoms with Crippen LogP contribution in [0.5, 0.6) is 0 Å². The molecule has 1 aliphatic heterocycles. The van der Waals surface area contributed by atoms with Gasteiger partial charge in [0, 0.05) is 30.6 Å². The second kappa shape index (κ2) is 10.9. The minimum absolute atomic E-state index is 0.0846. The molecule has 206 valence electrons. The number of carbonyl (C=O) groups excluding carboxylic acids is 2. The van der Waals surface area contributed by atoms with Crippen molar-refractivity contribution in [1.82, 2.24) is 24.6 Å². The summed E-state index contributed by atoms with van der Waals surface area (Å²) in [5, 5.41) is 5.49. The molecule has 1 fully saturated rings. The monoisotopic (exact) mass is 548 g/mol. The van der Waals surface area contributed by atoms with Crippen LogP contribution in [0.2, 0.25) is 0 Å². The highest BCUT2D eigenvalue weighted by molar-refractivity contribution is 5.98. The molecule has 3 heterocycles. The highest BCUT2D eigenvalue weighted by Crippen LogP contribution is 2.34. The number of rotatable bonds is 7. The largest absolute Gasteiger partial charge is 0.416 e. The summed E-state index contributed by atoms with van der Waals surface area (Å²) in [6.45, 7) is 4.73. The smallest absolute Gasteiger partial charge is 0.383 e. The van der Waals surface area contributed by atoms with Crippen LogP contribution in [0.3, 0.4) is 0 Å². The lowest BCUT2D eigenvalue weighted by atomic mass is 10.00. The second-order valence-electron chi connectivity index (χ2n) is 9.73. The number of benzene rings is 2. The van der Waals surface area contributed by atoms with Gasteiger partial charge in [0.2, 0.25) is 5.91 Å². The second-order valence-corrected chi connectivity index (χ2v) is 9.73. The molecule has 5 rings (SSSR count). The summed E-state index contributed by atoms with van der Waals surface area (Å²) < 4.78 is 40.2. The van der Waals surface area contributed by atoms with Crippen molar-refractivity contribution < 1.29 is 22.8 Å². The van der Waals surface area contributed by atoms with E-state index in [1.54, 1.807) is 4.90 Å². The van der Waals surface area contributed by atoms with Crippen LogP contribution in [0.25, 0.3) is 22.3 Å². The van der Waals surface area contributed by atoms with Crippen molar-refractivity contribution in [2.24, 2.45) is 0 Å². The number of ketones is 1. The van der Waals surface area contributed by atoms with E-state index in [0.29, 0.717) is 42.1 Å². The van der Waals surface area contributed by atoms with Crippen LogP contribution in [-0.2, 0) is 17.4 Å². The molecule has 40 heavy (non-hydrogen) atoms. The SMILES string of the molecule is C=CC(=O)N1CCCC(n2nc(-c3ccc(CCC(=O)c4ccc(C(F)(F)F)cc4)cc3)c3c(N)ncnc32)C1. The molecule has 2 N–H and O–H groups in total. The number of anilines is 1. The van der Waals surface area contributed by atoms with E-state index in [1.807, 2.05) is 28.9 Å².